The van der Waals surface area contributed by atoms with Crippen molar-refractivity contribution in [1.82, 2.24) is 8.01 Å². The van der Waals surface area contributed by atoms with Crippen LogP contribution < -0.4 is 0 Å². The molecule has 0 aromatic heterocycles. The Balaban J connectivity index is 1.50. The average molecular weight is 478 g/mol. The van der Waals surface area contributed by atoms with Crippen molar-refractivity contribution in [1.29, 1.82) is 0 Å². The summed E-state index contributed by atoms with van der Waals surface area (Å²) in [5, 5.41) is 0. The summed E-state index contributed by atoms with van der Waals surface area (Å²) in [6.07, 6.45) is 1.14. The second-order valence-corrected chi connectivity index (χ2v) is 8.77. The lowest BCUT2D eigenvalue weighted by Crippen LogP contribution is -2.60. The zero-order chi connectivity index (χ0) is 19.1. The highest BCUT2D eigenvalue weighted by atomic mass is 127. The second kappa shape index (κ2) is 7.14. The summed E-state index contributed by atoms with van der Waals surface area (Å²) in [5.74, 6) is -0.0409. The Labute approximate surface area is 165 Å². The molecule has 0 unspecified atom stereocenters. The maximum Gasteiger partial charge on any atom is 0.416 e. The van der Waals surface area contributed by atoms with Gasteiger partial charge < -0.3 is 4.90 Å². The van der Waals surface area contributed by atoms with E-state index in [9.17, 15) is 18.0 Å². The number of nitrogens with zero attached hydrogens (tertiary/aromatic N) is 2. The summed E-state index contributed by atoms with van der Waals surface area (Å²) in [6.45, 7) is 4.02. The highest BCUT2D eigenvalue weighted by Crippen LogP contribution is 2.59. The van der Waals surface area contributed by atoms with Crippen LogP contribution in [0.5, 0.6) is 0 Å². The SMILES string of the molecule is C=CC(=O)N(C)C1CC2(CC(N(I)Cc3cccc(C(F)(F)F)c3)C2)C1. The molecule has 3 nitrogen and oxygen atoms in total. The van der Waals surface area contributed by atoms with Crippen molar-refractivity contribution in [2.24, 2.45) is 5.41 Å². The zero-order valence-corrected chi connectivity index (χ0v) is 16.8. The molecular formula is C19H22F3IN2O. The molecule has 1 aromatic rings. The van der Waals surface area contributed by atoms with Gasteiger partial charge in [0.2, 0.25) is 5.91 Å². The molecule has 2 saturated carbocycles. The van der Waals surface area contributed by atoms with Crippen LogP contribution in [-0.2, 0) is 17.5 Å². The van der Waals surface area contributed by atoms with Gasteiger partial charge in [0.15, 0.2) is 0 Å². The number of rotatable bonds is 5. The molecule has 1 spiro atoms. The van der Waals surface area contributed by atoms with Crippen LogP contribution in [0.15, 0.2) is 36.9 Å². The van der Waals surface area contributed by atoms with Gasteiger partial charge in [0.25, 0.3) is 0 Å². The van der Waals surface area contributed by atoms with Crippen LogP contribution in [0, 0.1) is 5.41 Å². The third-order valence-electron chi connectivity index (χ3n) is 5.73. The van der Waals surface area contributed by atoms with E-state index in [0.717, 1.165) is 31.7 Å². The van der Waals surface area contributed by atoms with Gasteiger partial charge in [-0.1, -0.05) is 24.8 Å². The van der Waals surface area contributed by atoms with Gasteiger partial charge in [-0.05, 0) is 48.8 Å². The van der Waals surface area contributed by atoms with Crippen molar-refractivity contribution in [3.05, 3.63) is 48.0 Å². The molecule has 0 atom stereocenters. The number of amides is 1. The van der Waals surface area contributed by atoms with Crippen molar-refractivity contribution in [2.45, 2.75) is 50.5 Å². The Kier molecular flexibility index (Phi) is 5.40. The molecule has 2 fully saturated rings. The topological polar surface area (TPSA) is 23.6 Å². The van der Waals surface area contributed by atoms with E-state index in [1.165, 1.54) is 18.2 Å². The maximum atomic E-state index is 12.8. The van der Waals surface area contributed by atoms with Crippen LogP contribution in [0.2, 0.25) is 0 Å². The number of benzene rings is 1. The average Bonchev–Trinajstić information content (AvgIpc) is 2.50. The van der Waals surface area contributed by atoms with Crippen molar-refractivity contribution in [3.8, 4) is 0 Å². The van der Waals surface area contributed by atoms with Crippen LogP contribution in [0.25, 0.3) is 0 Å². The lowest BCUT2D eigenvalue weighted by Gasteiger charge is -2.60. The van der Waals surface area contributed by atoms with Crippen LogP contribution >= 0.6 is 22.9 Å². The van der Waals surface area contributed by atoms with Gasteiger partial charge >= 0.3 is 6.18 Å². The number of carbonyl (C=O) groups excluding carboxylic acids is 1. The van der Waals surface area contributed by atoms with Gasteiger partial charge in [0.05, 0.1) is 5.56 Å². The predicted molar refractivity (Wildman–Crippen MR) is 102 cm³/mol. The number of hydrogen-bond donors (Lipinski definition) is 0. The van der Waals surface area contributed by atoms with Gasteiger partial charge in [0.1, 0.15) is 0 Å². The number of likely N-dealkylation sites (N-methyl/N-ethyl adjacent to an activating group) is 1. The highest BCUT2D eigenvalue weighted by molar-refractivity contribution is 14.1. The van der Waals surface area contributed by atoms with E-state index in [1.54, 1.807) is 11.0 Å². The maximum absolute atomic E-state index is 12.8. The third-order valence-corrected chi connectivity index (χ3v) is 6.86. The van der Waals surface area contributed by atoms with Gasteiger partial charge in [0, 0.05) is 48.5 Å². The number of hydrogen-bond acceptors (Lipinski definition) is 2. The van der Waals surface area contributed by atoms with Crippen LogP contribution in [0.4, 0.5) is 13.2 Å². The number of carbonyl (C=O) groups is 1. The predicted octanol–water partition coefficient (Wildman–Crippen LogP) is 4.81. The van der Waals surface area contributed by atoms with Crippen LogP contribution in [0.3, 0.4) is 0 Å². The van der Waals surface area contributed by atoms with E-state index in [1.807, 2.05) is 7.05 Å². The van der Waals surface area contributed by atoms with Crippen LogP contribution in [0.1, 0.15) is 36.8 Å². The molecular weight excluding hydrogens is 456 g/mol. The van der Waals surface area contributed by atoms with E-state index in [0.29, 0.717) is 23.6 Å². The standard InChI is InChI=1S/C19H22F3IN2O/c1-3-17(26)24(2)15-8-18(9-15)10-16(11-18)25(23)12-13-5-4-6-14(7-13)19(20,21)22/h3-7,15-16H,1,8-12H2,2H3. The van der Waals surface area contributed by atoms with Crippen molar-refractivity contribution in [2.75, 3.05) is 7.05 Å². The monoisotopic (exact) mass is 478 g/mol. The Hall–Kier alpha value is -1.09. The van der Waals surface area contributed by atoms with E-state index in [2.05, 4.69) is 32.6 Å². The second-order valence-electron chi connectivity index (χ2n) is 7.53. The Morgan fingerprint density at radius 3 is 2.50 bits per heavy atom. The van der Waals surface area contributed by atoms with E-state index < -0.39 is 11.7 Å². The molecule has 1 aromatic carbocycles. The molecule has 2 aliphatic carbocycles. The summed E-state index contributed by atoms with van der Waals surface area (Å²) in [7, 11) is 1.82. The smallest absolute Gasteiger partial charge is 0.339 e. The molecule has 0 N–H and O–H groups in total. The van der Waals surface area contributed by atoms with Crippen molar-refractivity contribution in [3.63, 3.8) is 0 Å². The van der Waals surface area contributed by atoms with Gasteiger partial charge in [-0.3, -0.25) is 4.79 Å². The summed E-state index contributed by atoms with van der Waals surface area (Å²) < 4.78 is 40.6. The molecule has 142 valence electrons. The molecule has 7 heteroatoms. The molecule has 0 aliphatic heterocycles. The normalized spacial score (nSPS) is 27.8. The number of alkyl halides is 3. The van der Waals surface area contributed by atoms with Crippen LogP contribution in [-0.4, -0.2) is 33.1 Å². The molecule has 26 heavy (non-hydrogen) atoms. The summed E-state index contributed by atoms with van der Waals surface area (Å²) in [4.78, 5) is 13.4. The Morgan fingerprint density at radius 2 is 1.92 bits per heavy atom. The fourth-order valence-corrected chi connectivity index (χ4v) is 4.95. The first-order valence-electron chi connectivity index (χ1n) is 8.61. The fourth-order valence-electron chi connectivity index (χ4n) is 4.16. The highest BCUT2D eigenvalue weighted by Gasteiger charge is 2.55. The van der Waals surface area contributed by atoms with E-state index in [-0.39, 0.29) is 11.9 Å². The fraction of sp³-hybridized carbons (Fsp3) is 0.526. The summed E-state index contributed by atoms with van der Waals surface area (Å²) in [6, 6.07) is 6.21. The summed E-state index contributed by atoms with van der Waals surface area (Å²) in [5.41, 5.74) is 0.391. The lowest BCUT2D eigenvalue weighted by atomic mass is 9.52. The molecule has 1 amide bonds. The first-order chi connectivity index (χ1) is 12.1. The van der Waals surface area contributed by atoms with Gasteiger partial charge in [-0.2, -0.15) is 13.2 Å². The minimum absolute atomic E-state index is 0.0409. The number of halogens is 4. The Morgan fingerprint density at radius 1 is 1.31 bits per heavy atom. The Bertz CT molecular complexity index is 692. The van der Waals surface area contributed by atoms with Crippen molar-refractivity contribution >= 4 is 28.8 Å². The van der Waals surface area contributed by atoms with Gasteiger partial charge in [-0.25, -0.2) is 3.11 Å². The molecule has 2 aliphatic rings. The molecule has 0 radical (unpaired) electrons. The summed E-state index contributed by atoms with van der Waals surface area (Å²) >= 11 is 2.22. The third kappa shape index (κ3) is 3.93. The van der Waals surface area contributed by atoms with E-state index >= 15 is 0 Å². The molecule has 0 heterocycles. The largest absolute Gasteiger partial charge is 0.416 e. The molecule has 0 bridgehead atoms. The lowest BCUT2D eigenvalue weighted by molar-refractivity contribution is -0.138. The molecule has 0 saturated heterocycles. The quantitative estimate of drug-likeness (QED) is 0.345. The molecule has 3 rings (SSSR count). The van der Waals surface area contributed by atoms with Crippen molar-refractivity contribution < 1.29 is 18.0 Å². The minimum Gasteiger partial charge on any atom is -0.339 e. The van der Waals surface area contributed by atoms with E-state index in [4.69, 9.17) is 0 Å². The van der Waals surface area contributed by atoms with Gasteiger partial charge in [-0.15, -0.1) is 0 Å². The first kappa shape index (κ1) is 19.7. The zero-order valence-electron chi connectivity index (χ0n) is 14.6. The first-order valence-corrected chi connectivity index (χ1v) is 9.58. The minimum atomic E-state index is -4.30.